The van der Waals surface area contributed by atoms with Gasteiger partial charge in [-0.1, -0.05) is 153 Å². The maximum atomic E-state index is 6.81. The van der Waals surface area contributed by atoms with Crippen molar-refractivity contribution in [1.82, 2.24) is 9.97 Å². The summed E-state index contributed by atoms with van der Waals surface area (Å²) in [5, 5.41) is 8.79. The zero-order valence-corrected chi connectivity index (χ0v) is 32.4. The lowest BCUT2D eigenvalue weighted by Gasteiger charge is -2.22. The van der Waals surface area contributed by atoms with E-state index >= 15 is 0 Å². The highest BCUT2D eigenvalue weighted by Gasteiger charge is 2.35. The van der Waals surface area contributed by atoms with Crippen LogP contribution in [0.4, 0.5) is 0 Å². The van der Waals surface area contributed by atoms with E-state index in [1.165, 1.54) is 33.0 Å². The molecule has 276 valence electrons. The highest BCUT2D eigenvalue weighted by molar-refractivity contribution is 6.23. The average Bonchev–Trinajstić information content (AvgIpc) is 3.92. The fourth-order valence-corrected chi connectivity index (χ4v) is 10.0. The second kappa shape index (κ2) is 11.7. The fourth-order valence-electron chi connectivity index (χ4n) is 10.0. The minimum Gasteiger partial charge on any atom is -0.455 e. The van der Waals surface area contributed by atoms with Gasteiger partial charge in [0.2, 0.25) is 0 Å². The Balaban J connectivity index is 0.917. The zero-order valence-electron chi connectivity index (χ0n) is 32.4. The maximum absolute atomic E-state index is 6.81. The Morgan fingerprint density at radius 3 is 1.61 bits per heavy atom. The van der Waals surface area contributed by atoms with Crippen LogP contribution in [0.1, 0.15) is 25.0 Å². The van der Waals surface area contributed by atoms with Gasteiger partial charge in [-0.15, -0.1) is 0 Å². The highest BCUT2D eigenvalue weighted by Crippen LogP contribution is 2.50. The Labute approximate surface area is 339 Å². The van der Waals surface area contributed by atoms with Gasteiger partial charge in [-0.3, -0.25) is 4.98 Å². The molecule has 0 amide bonds. The molecule has 0 saturated heterocycles. The Bertz CT molecular complexity index is 3740. The normalized spacial score (nSPS) is 13.4. The number of para-hydroxylation sites is 2. The molecule has 4 heteroatoms. The maximum Gasteiger partial charge on any atom is 0.143 e. The molecule has 3 aromatic heterocycles. The summed E-state index contributed by atoms with van der Waals surface area (Å²) < 4.78 is 13.6. The molecule has 0 radical (unpaired) electrons. The molecule has 1 aliphatic rings. The van der Waals surface area contributed by atoms with Crippen molar-refractivity contribution in [2.24, 2.45) is 0 Å². The first-order valence-electron chi connectivity index (χ1n) is 20.2. The van der Waals surface area contributed by atoms with E-state index in [0.717, 1.165) is 99.2 Å². The second-order valence-electron chi connectivity index (χ2n) is 16.5. The Morgan fingerprint density at radius 1 is 0.390 bits per heavy atom. The molecule has 4 nitrogen and oxygen atoms in total. The first kappa shape index (κ1) is 32.5. The third kappa shape index (κ3) is 4.54. The number of nitrogens with zero attached hydrogens (tertiary/aromatic N) is 2. The molecule has 0 N–H and O–H groups in total. The van der Waals surface area contributed by atoms with Gasteiger partial charge in [0.15, 0.2) is 0 Å². The first-order valence-corrected chi connectivity index (χ1v) is 20.2. The Kier molecular flexibility index (Phi) is 6.48. The van der Waals surface area contributed by atoms with Gasteiger partial charge in [0.05, 0.1) is 22.9 Å². The van der Waals surface area contributed by atoms with Crippen LogP contribution in [0, 0.1) is 0 Å². The molecular formula is C55H34N2O2. The molecule has 0 atom stereocenters. The van der Waals surface area contributed by atoms with Crippen LogP contribution < -0.4 is 0 Å². The van der Waals surface area contributed by atoms with Crippen molar-refractivity contribution in [3.63, 3.8) is 0 Å². The summed E-state index contributed by atoms with van der Waals surface area (Å²) in [6.07, 6.45) is 1.90. The molecule has 12 aromatic rings. The number of hydrogen-bond acceptors (Lipinski definition) is 4. The van der Waals surface area contributed by atoms with E-state index < -0.39 is 0 Å². The molecule has 1 aliphatic carbocycles. The van der Waals surface area contributed by atoms with Crippen LogP contribution in [0.15, 0.2) is 179 Å². The number of hydrogen-bond donors (Lipinski definition) is 0. The van der Waals surface area contributed by atoms with E-state index in [9.17, 15) is 0 Å². The Hall–Kier alpha value is -7.56. The molecule has 0 bridgehead atoms. The van der Waals surface area contributed by atoms with Crippen LogP contribution in [0.5, 0.6) is 0 Å². The minimum absolute atomic E-state index is 0.0784. The van der Waals surface area contributed by atoms with Gasteiger partial charge in [0, 0.05) is 54.4 Å². The number of furan rings is 2. The van der Waals surface area contributed by atoms with Crippen LogP contribution in [0.25, 0.3) is 121 Å². The van der Waals surface area contributed by atoms with E-state index in [1.54, 1.807) is 0 Å². The van der Waals surface area contributed by atoms with Crippen molar-refractivity contribution in [3.05, 3.63) is 181 Å². The molecule has 0 fully saturated rings. The molecule has 0 aliphatic heterocycles. The summed E-state index contributed by atoms with van der Waals surface area (Å²) in [6.45, 7) is 4.65. The Morgan fingerprint density at radius 2 is 0.915 bits per heavy atom. The molecule has 13 rings (SSSR count). The summed E-state index contributed by atoms with van der Waals surface area (Å²) in [6, 6.07) is 58.3. The number of fused-ring (bicyclic) bond motifs is 15. The summed E-state index contributed by atoms with van der Waals surface area (Å²) in [4.78, 5) is 10.3. The quantitative estimate of drug-likeness (QED) is 0.169. The topological polar surface area (TPSA) is 52.1 Å². The van der Waals surface area contributed by atoms with E-state index in [-0.39, 0.29) is 5.41 Å². The van der Waals surface area contributed by atoms with Crippen molar-refractivity contribution < 1.29 is 8.83 Å². The SMILES string of the molecule is CC1(C)c2ccccc2-c2ccc(-c3cccc4c3oc3cc5c(cc34)oc3c(-c4cccc(-c6cnc7c8ccccc8c8ccccc8c7n6)c4)cccc35)cc21. The molecular weight excluding hydrogens is 721 g/mol. The van der Waals surface area contributed by atoms with Crippen LogP contribution >= 0.6 is 0 Å². The van der Waals surface area contributed by atoms with Gasteiger partial charge in [0.1, 0.15) is 22.3 Å². The third-order valence-electron chi connectivity index (χ3n) is 12.9. The smallest absolute Gasteiger partial charge is 0.143 e. The van der Waals surface area contributed by atoms with Gasteiger partial charge >= 0.3 is 0 Å². The van der Waals surface area contributed by atoms with E-state index in [1.807, 2.05) is 6.20 Å². The lowest BCUT2D eigenvalue weighted by atomic mass is 9.81. The number of rotatable bonds is 3. The molecule has 3 heterocycles. The predicted octanol–water partition coefficient (Wildman–Crippen LogP) is 15.0. The fraction of sp³-hybridized carbons (Fsp3) is 0.0545. The number of benzene rings is 9. The van der Waals surface area contributed by atoms with Crippen molar-refractivity contribution >= 4 is 76.5 Å². The summed E-state index contributed by atoms with van der Waals surface area (Å²) in [7, 11) is 0. The molecule has 59 heavy (non-hydrogen) atoms. The van der Waals surface area contributed by atoms with E-state index in [2.05, 4.69) is 178 Å². The summed E-state index contributed by atoms with van der Waals surface area (Å²) in [5.74, 6) is 0. The summed E-state index contributed by atoms with van der Waals surface area (Å²) >= 11 is 0. The molecule has 0 unspecified atom stereocenters. The largest absolute Gasteiger partial charge is 0.455 e. The summed E-state index contributed by atoms with van der Waals surface area (Å²) in [5.41, 5.74) is 16.7. The lowest BCUT2D eigenvalue weighted by molar-refractivity contribution is 0.660. The molecule has 0 spiro atoms. The van der Waals surface area contributed by atoms with Crippen molar-refractivity contribution in [3.8, 4) is 44.6 Å². The lowest BCUT2D eigenvalue weighted by Crippen LogP contribution is -2.14. The van der Waals surface area contributed by atoms with E-state index in [0.29, 0.717) is 0 Å². The molecule has 9 aromatic carbocycles. The van der Waals surface area contributed by atoms with Crippen molar-refractivity contribution in [1.29, 1.82) is 0 Å². The van der Waals surface area contributed by atoms with Crippen LogP contribution in [0.2, 0.25) is 0 Å². The number of aromatic nitrogens is 2. The highest BCUT2D eigenvalue weighted by atomic mass is 16.3. The van der Waals surface area contributed by atoms with Gasteiger partial charge in [-0.05, 0) is 68.4 Å². The average molecular weight is 755 g/mol. The van der Waals surface area contributed by atoms with Crippen molar-refractivity contribution in [2.45, 2.75) is 19.3 Å². The van der Waals surface area contributed by atoms with Crippen LogP contribution in [-0.4, -0.2) is 9.97 Å². The zero-order chi connectivity index (χ0) is 39.0. The monoisotopic (exact) mass is 754 g/mol. The van der Waals surface area contributed by atoms with Gasteiger partial charge in [-0.2, -0.15) is 0 Å². The van der Waals surface area contributed by atoms with Crippen molar-refractivity contribution in [2.75, 3.05) is 0 Å². The first-order chi connectivity index (χ1) is 29.0. The molecule has 0 saturated carbocycles. The van der Waals surface area contributed by atoms with Gasteiger partial charge < -0.3 is 8.83 Å². The standard InChI is InChI=1S/C55H34N2O2/c1-55(2)46-23-8-7-16-38(46)39-25-24-32(27-47(39)55)35-20-11-22-43-45-29-49-44(28-50(45)59-54(35)43)42-21-10-19-34(53(42)58-49)31-12-9-13-33(26-31)48-30-56-51-40-17-5-3-14-36(40)37-15-4-6-18-41(37)52(51)57-48/h3-30H,1-2H3. The van der Waals surface area contributed by atoms with E-state index in [4.69, 9.17) is 18.8 Å². The van der Waals surface area contributed by atoms with Gasteiger partial charge in [-0.25, -0.2) is 4.98 Å². The van der Waals surface area contributed by atoms with Gasteiger partial charge in [0.25, 0.3) is 0 Å². The predicted molar refractivity (Wildman–Crippen MR) is 243 cm³/mol. The van der Waals surface area contributed by atoms with Crippen LogP contribution in [0.3, 0.4) is 0 Å². The minimum atomic E-state index is -0.0784. The van der Waals surface area contributed by atoms with Crippen LogP contribution in [-0.2, 0) is 5.41 Å². The second-order valence-corrected chi connectivity index (χ2v) is 16.5. The third-order valence-corrected chi connectivity index (χ3v) is 12.9.